The quantitative estimate of drug-likeness (QED) is 0.793. The number of rotatable bonds is 1. The van der Waals surface area contributed by atoms with Gasteiger partial charge in [-0.2, -0.15) is 0 Å². The fraction of sp³-hybridized carbons (Fsp3) is 0.235. The van der Waals surface area contributed by atoms with Gasteiger partial charge in [0.25, 0.3) is 5.91 Å². The molecule has 0 saturated carbocycles. The highest BCUT2D eigenvalue weighted by Gasteiger charge is 2.54. The van der Waals surface area contributed by atoms with Gasteiger partial charge in [-0.05, 0) is 18.6 Å². The van der Waals surface area contributed by atoms with Gasteiger partial charge < -0.3 is 4.74 Å². The van der Waals surface area contributed by atoms with Gasteiger partial charge in [0, 0.05) is 11.1 Å². The molecule has 1 amide bonds. The Labute approximate surface area is 117 Å². The lowest BCUT2D eigenvalue weighted by molar-refractivity contribution is -0.0511. The molecule has 2 aromatic carbocycles. The smallest absolute Gasteiger partial charge is 0.257 e. The summed E-state index contributed by atoms with van der Waals surface area (Å²) in [6, 6.07) is 17.8. The number of amides is 1. The van der Waals surface area contributed by atoms with Gasteiger partial charge in [-0.3, -0.25) is 9.69 Å². The zero-order valence-electron chi connectivity index (χ0n) is 11.2. The lowest BCUT2D eigenvalue weighted by atomic mass is 10.0. The molecule has 2 atom stereocenters. The molecule has 3 heteroatoms. The Bertz CT molecular complexity index is 682. The van der Waals surface area contributed by atoms with Crippen molar-refractivity contribution < 1.29 is 9.53 Å². The van der Waals surface area contributed by atoms with Gasteiger partial charge in [-0.1, -0.05) is 48.5 Å². The number of hydrogen-bond acceptors (Lipinski definition) is 2. The van der Waals surface area contributed by atoms with E-state index in [1.807, 2.05) is 54.3 Å². The summed E-state index contributed by atoms with van der Waals surface area (Å²) in [4.78, 5) is 14.6. The molecule has 0 spiro atoms. The maximum Gasteiger partial charge on any atom is 0.257 e. The number of benzene rings is 2. The third kappa shape index (κ3) is 1.36. The van der Waals surface area contributed by atoms with Crippen LogP contribution in [0.2, 0.25) is 0 Å². The average molecular weight is 265 g/mol. The molecule has 1 saturated heterocycles. The van der Waals surface area contributed by atoms with Crippen LogP contribution in [0.3, 0.4) is 0 Å². The van der Waals surface area contributed by atoms with E-state index in [0.717, 1.165) is 16.7 Å². The number of carbonyl (C=O) groups is 1. The van der Waals surface area contributed by atoms with Gasteiger partial charge in [0.2, 0.25) is 0 Å². The Kier molecular flexibility index (Phi) is 2.30. The van der Waals surface area contributed by atoms with Crippen LogP contribution < -0.4 is 0 Å². The maximum atomic E-state index is 12.7. The van der Waals surface area contributed by atoms with E-state index in [2.05, 4.69) is 12.1 Å². The first-order valence-electron chi connectivity index (χ1n) is 6.84. The molecule has 2 unspecified atom stereocenters. The molecule has 1 fully saturated rings. The van der Waals surface area contributed by atoms with Gasteiger partial charge in [0.15, 0.2) is 5.72 Å². The molecular formula is C17H15NO2. The van der Waals surface area contributed by atoms with Crippen LogP contribution in [-0.4, -0.2) is 17.4 Å². The zero-order valence-corrected chi connectivity index (χ0v) is 11.2. The lowest BCUT2D eigenvalue weighted by Gasteiger charge is -2.30. The SMILES string of the molecule is CC12OCC(c3ccccc3)N1C(=O)c1ccccc12. The van der Waals surface area contributed by atoms with Crippen molar-refractivity contribution >= 4 is 5.91 Å². The number of hydrogen-bond donors (Lipinski definition) is 0. The molecule has 3 nitrogen and oxygen atoms in total. The summed E-state index contributed by atoms with van der Waals surface area (Å²) >= 11 is 0. The van der Waals surface area contributed by atoms with Crippen LogP contribution in [0, 0.1) is 0 Å². The minimum atomic E-state index is -0.631. The summed E-state index contributed by atoms with van der Waals surface area (Å²) in [7, 11) is 0. The number of fused-ring (bicyclic) bond motifs is 3. The minimum absolute atomic E-state index is 0.0129. The first-order chi connectivity index (χ1) is 9.72. The van der Waals surface area contributed by atoms with E-state index in [1.165, 1.54) is 0 Å². The standard InChI is InChI=1S/C17H15NO2/c1-17-14-10-6-5-9-13(14)16(19)18(17)15(11-20-17)12-7-3-2-4-8-12/h2-10,15H,11H2,1H3. The van der Waals surface area contributed by atoms with Crippen molar-refractivity contribution in [3.63, 3.8) is 0 Å². The van der Waals surface area contributed by atoms with Gasteiger partial charge in [-0.15, -0.1) is 0 Å². The number of nitrogens with zero attached hydrogens (tertiary/aromatic N) is 1. The van der Waals surface area contributed by atoms with Crippen molar-refractivity contribution in [3.05, 3.63) is 71.3 Å². The van der Waals surface area contributed by atoms with Crippen LogP contribution in [0.25, 0.3) is 0 Å². The zero-order chi connectivity index (χ0) is 13.7. The van der Waals surface area contributed by atoms with E-state index >= 15 is 0 Å². The summed E-state index contributed by atoms with van der Waals surface area (Å²) in [5.74, 6) is 0.0643. The molecule has 4 rings (SSSR count). The van der Waals surface area contributed by atoms with E-state index in [0.29, 0.717) is 6.61 Å². The fourth-order valence-corrected chi connectivity index (χ4v) is 3.35. The molecule has 2 aliphatic heterocycles. The van der Waals surface area contributed by atoms with Crippen LogP contribution in [0.5, 0.6) is 0 Å². The summed E-state index contributed by atoms with van der Waals surface area (Å²) in [6.45, 7) is 2.53. The normalized spacial score (nSPS) is 27.6. The minimum Gasteiger partial charge on any atom is -0.349 e. The Morgan fingerprint density at radius 2 is 1.80 bits per heavy atom. The van der Waals surface area contributed by atoms with Gasteiger partial charge in [-0.25, -0.2) is 0 Å². The molecule has 100 valence electrons. The van der Waals surface area contributed by atoms with Crippen molar-refractivity contribution in [1.29, 1.82) is 0 Å². The van der Waals surface area contributed by atoms with E-state index < -0.39 is 5.72 Å². The molecule has 20 heavy (non-hydrogen) atoms. The van der Waals surface area contributed by atoms with Gasteiger partial charge in [0.1, 0.15) is 0 Å². The molecule has 2 heterocycles. The first-order valence-corrected chi connectivity index (χ1v) is 6.84. The molecule has 0 bridgehead atoms. The summed E-state index contributed by atoms with van der Waals surface area (Å²) in [5, 5.41) is 0. The Morgan fingerprint density at radius 1 is 1.10 bits per heavy atom. The highest BCUT2D eigenvalue weighted by molar-refractivity contribution is 6.00. The second-order valence-electron chi connectivity index (χ2n) is 5.44. The average Bonchev–Trinajstić information content (AvgIpc) is 2.95. The second kappa shape index (κ2) is 3.93. The third-order valence-corrected chi connectivity index (χ3v) is 4.35. The molecule has 0 N–H and O–H groups in total. The number of carbonyl (C=O) groups excluding carboxylic acids is 1. The second-order valence-corrected chi connectivity index (χ2v) is 5.44. The van der Waals surface area contributed by atoms with Crippen LogP contribution >= 0.6 is 0 Å². The molecule has 0 aromatic heterocycles. The third-order valence-electron chi connectivity index (χ3n) is 4.35. The maximum absolute atomic E-state index is 12.7. The molecule has 2 aromatic rings. The van der Waals surface area contributed by atoms with Crippen LogP contribution in [0.1, 0.15) is 34.5 Å². The Balaban J connectivity index is 1.84. The summed E-state index contributed by atoms with van der Waals surface area (Å²) in [5.41, 5.74) is 2.23. The predicted octanol–water partition coefficient (Wildman–Crippen LogP) is 3.09. The molecule has 0 aliphatic carbocycles. The van der Waals surface area contributed by atoms with Crippen molar-refractivity contribution in [2.45, 2.75) is 18.7 Å². The molecular weight excluding hydrogens is 250 g/mol. The molecule has 2 aliphatic rings. The topological polar surface area (TPSA) is 29.5 Å². The fourth-order valence-electron chi connectivity index (χ4n) is 3.35. The van der Waals surface area contributed by atoms with Gasteiger partial charge in [0.05, 0.1) is 12.6 Å². The summed E-state index contributed by atoms with van der Waals surface area (Å²) < 4.78 is 6.03. The largest absolute Gasteiger partial charge is 0.349 e. The van der Waals surface area contributed by atoms with Crippen LogP contribution in [-0.2, 0) is 10.5 Å². The Morgan fingerprint density at radius 3 is 2.60 bits per heavy atom. The first kappa shape index (κ1) is 11.7. The van der Waals surface area contributed by atoms with E-state index in [4.69, 9.17) is 4.74 Å². The van der Waals surface area contributed by atoms with Crippen molar-refractivity contribution in [1.82, 2.24) is 4.90 Å². The van der Waals surface area contributed by atoms with Gasteiger partial charge >= 0.3 is 0 Å². The van der Waals surface area contributed by atoms with Crippen molar-refractivity contribution in [3.8, 4) is 0 Å². The van der Waals surface area contributed by atoms with Crippen LogP contribution in [0.4, 0.5) is 0 Å². The van der Waals surface area contributed by atoms with Crippen molar-refractivity contribution in [2.24, 2.45) is 0 Å². The lowest BCUT2D eigenvalue weighted by Crippen LogP contribution is -2.38. The van der Waals surface area contributed by atoms with Crippen molar-refractivity contribution in [2.75, 3.05) is 6.61 Å². The Hall–Kier alpha value is -2.13. The van der Waals surface area contributed by atoms with E-state index in [-0.39, 0.29) is 11.9 Å². The number of ether oxygens (including phenoxy) is 1. The van der Waals surface area contributed by atoms with E-state index in [1.54, 1.807) is 0 Å². The highest BCUT2D eigenvalue weighted by Crippen LogP contribution is 2.49. The predicted molar refractivity (Wildman–Crippen MR) is 75.1 cm³/mol. The summed E-state index contributed by atoms with van der Waals surface area (Å²) in [6.07, 6.45) is 0. The van der Waals surface area contributed by atoms with Crippen LogP contribution in [0.15, 0.2) is 54.6 Å². The monoisotopic (exact) mass is 265 g/mol. The highest BCUT2D eigenvalue weighted by atomic mass is 16.5. The molecule has 0 radical (unpaired) electrons. The van der Waals surface area contributed by atoms with E-state index in [9.17, 15) is 4.79 Å².